The lowest BCUT2D eigenvalue weighted by Gasteiger charge is -2.26. The van der Waals surface area contributed by atoms with Crippen LogP contribution in [0.3, 0.4) is 0 Å². The van der Waals surface area contributed by atoms with Crippen LogP contribution in [0.2, 0.25) is 0 Å². The number of aromatic nitrogens is 2. The highest BCUT2D eigenvalue weighted by Crippen LogP contribution is 2.34. The summed E-state index contributed by atoms with van der Waals surface area (Å²) in [5.41, 5.74) is 8.41. The molecule has 1 aliphatic carbocycles. The molecule has 21 heavy (non-hydrogen) atoms. The SMILES string of the molecule is Cc1ccc2nc(CN(C)C(CN)C3CC3)cc(=O)n2c1. The van der Waals surface area contributed by atoms with Gasteiger partial charge in [0.05, 0.1) is 5.69 Å². The second kappa shape index (κ2) is 5.58. The van der Waals surface area contributed by atoms with E-state index in [1.54, 1.807) is 10.5 Å². The van der Waals surface area contributed by atoms with Gasteiger partial charge in [-0.25, -0.2) is 4.98 Å². The second-order valence-corrected chi connectivity index (χ2v) is 6.08. The van der Waals surface area contributed by atoms with Crippen molar-refractivity contribution in [2.45, 2.75) is 32.4 Å². The lowest BCUT2D eigenvalue weighted by molar-refractivity contribution is 0.213. The van der Waals surface area contributed by atoms with Crippen molar-refractivity contribution in [3.63, 3.8) is 0 Å². The predicted molar refractivity (Wildman–Crippen MR) is 83.2 cm³/mol. The fraction of sp³-hybridized carbons (Fsp3) is 0.500. The van der Waals surface area contributed by atoms with Gasteiger partial charge in [-0.15, -0.1) is 0 Å². The monoisotopic (exact) mass is 286 g/mol. The molecule has 0 amide bonds. The topological polar surface area (TPSA) is 63.6 Å². The van der Waals surface area contributed by atoms with Crippen LogP contribution in [0, 0.1) is 12.8 Å². The summed E-state index contributed by atoms with van der Waals surface area (Å²) in [6.07, 6.45) is 4.35. The molecular weight excluding hydrogens is 264 g/mol. The third-order valence-electron chi connectivity index (χ3n) is 4.25. The molecular formula is C16H22N4O. The van der Waals surface area contributed by atoms with E-state index in [0.717, 1.165) is 11.3 Å². The zero-order valence-corrected chi connectivity index (χ0v) is 12.6. The Balaban J connectivity index is 1.87. The molecule has 1 unspecified atom stereocenters. The average molecular weight is 286 g/mol. The molecule has 112 valence electrons. The summed E-state index contributed by atoms with van der Waals surface area (Å²) in [5, 5.41) is 0. The summed E-state index contributed by atoms with van der Waals surface area (Å²) in [4.78, 5) is 19.0. The van der Waals surface area contributed by atoms with E-state index in [1.165, 1.54) is 12.8 Å². The Bertz CT molecular complexity index is 705. The third-order valence-corrected chi connectivity index (χ3v) is 4.25. The van der Waals surface area contributed by atoms with Gasteiger partial charge in [0.15, 0.2) is 0 Å². The number of aryl methyl sites for hydroxylation is 1. The van der Waals surface area contributed by atoms with E-state index in [4.69, 9.17) is 5.73 Å². The first-order valence-electron chi connectivity index (χ1n) is 7.47. The van der Waals surface area contributed by atoms with Crippen molar-refractivity contribution in [2.24, 2.45) is 11.7 Å². The quantitative estimate of drug-likeness (QED) is 0.896. The molecule has 0 aromatic carbocycles. The molecule has 5 nitrogen and oxygen atoms in total. The normalized spacial score (nSPS) is 16.6. The lowest BCUT2D eigenvalue weighted by atomic mass is 10.1. The Kier molecular flexibility index (Phi) is 3.78. The molecule has 2 aromatic heterocycles. The van der Waals surface area contributed by atoms with Gasteiger partial charge in [-0.05, 0) is 44.4 Å². The number of nitrogens with two attached hydrogens (primary N) is 1. The van der Waals surface area contributed by atoms with Gasteiger partial charge in [0.25, 0.3) is 5.56 Å². The van der Waals surface area contributed by atoms with Crippen LogP contribution in [0.5, 0.6) is 0 Å². The van der Waals surface area contributed by atoms with Gasteiger partial charge in [0, 0.05) is 31.4 Å². The first-order valence-corrected chi connectivity index (χ1v) is 7.47. The van der Waals surface area contributed by atoms with Crippen LogP contribution in [0.1, 0.15) is 24.1 Å². The van der Waals surface area contributed by atoms with Gasteiger partial charge in [-0.3, -0.25) is 14.1 Å². The van der Waals surface area contributed by atoms with Crippen LogP contribution in [-0.4, -0.2) is 33.9 Å². The molecule has 0 saturated heterocycles. The van der Waals surface area contributed by atoms with Gasteiger partial charge in [-0.1, -0.05) is 6.07 Å². The summed E-state index contributed by atoms with van der Waals surface area (Å²) in [5.74, 6) is 0.712. The predicted octanol–water partition coefficient (Wildman–Crippen LogP) is 1.17. The van der Waals surface area contributed by atoms with Crippen LogP contribution < -0.4 is 11.3 Å². The van der Waals surface area contributed by atoms with E-state index in [2.05, 4.69) is 16.9 Å². The number of likely N-dealkylation sites (N-methyl/N-ethyl adjacent to an activating group) is 1. The van der Waals surface area contributed by atoms with Crippen molar-refractivity contribution in [1.82, 2.24) is 14.3 Å². The summed E-state index contributed by atoms with van der Waals surface area (Å²) >= 11 is 0. The maximum Gasteiger partial charge on any atom is 0.258 e. The van der Waals surface area contributed by atoms with Crippen LogP contribution in [-0.2, 0) is 6.54 Å². The van der Waals surface area contributed by atoms with Crippen molar-refractivity contribution >= 4 is 5.65 Å². The molecule has 1 saturated carbocycles. The van der Waals surface area contributed by atoms with Gasteiger partial charge >= 0.3 is 0 Å². The molecule has 5 heteroatoms. The minimum atomic E-state index is -0.0252. The Morgan fingerprint density at radius 3 is 2.90 bits per heavy atom. The maximum atomic E-state index is 12.2. The minimum Gasteiger partial charge on any atom is -0.329 e. The van der Waals surface area contributed by atoms with Crippen molar-refractivity contribution in [3.8, 4) is 0 Å². The Morgan fingerprint density at radius 2 is 2.24 bits per heavy atom. The first-order chi connectivity index (χ1) is 10.1. The highest BCUT2D eigenvalue weighted by atomic mass is 16.1. The molecule has 1 aliphatic rings. The summed E-state index contributed by atoms with van der Waals surface area (Å²) in [7, 11) is 2.06. The van der Waals surface area contributed by atoms with E-state index in [9.17, 15) is 4.79 Å². The lowest BCUT2D eigenvalue weighted by Crippen LogP contribution is -2.39. The highest BCUT2D eigenvalue weighted by Gasteiger charge is 2.32. The van der Waals surface area contributed by atoms with Crippen LogP contribution in [0.25, 0.3) is 5.65 Å². The number of fused-ring (bicyclic) bond motifs is 1. The number of nitrogens with zero attached hydrogens (tertiary/aromatic N) is 3. The molecule has 2 N–H and O–H groups in total. The largest absolute Gasteiger partial charge is 0.329 e. The smallest absolute Gasteiger partial charge is 0.258 e. The summed E-state index contributed by atoms with van der Waals surface area (Å²) < 4.78 is 1.60. The molecule has 2 aromatic rings. The van der Waals surface area contributed by atoms with Crippen molar-refractivity contribution < 1.29 is 0 Å². The number of hydrogen-bond acceptors (Lipinski definition) is 4. The van der Waals surface area contributed by atoms with Crippen molar-refractivity contribution in [2.75, 3.05) is 13.6 Å². The molecule has 2 heterocycles. The fourth-order valence-electron chi connectivity index (χ4n) is 2.93. The van der Waals surface area contributed by atoms with Gasteiger partial charge in [-0.2, -0.15) is 0 Å². The summed E-state index contributed by atoms with van der Waals surface area (Å²) in [6.45, 7) is 3.29. The molecule has 1 atom stereocenters. The van der Waals surface area contributed by atoms with Crippen LogP contribution >= 0.6 is 0 Å². The number of hydrogen-bond donors (Lipinski definition) is 1. The van der Waals surface area contributed by atoms with E-state index in [-0.39, 0.29) is 5.56 Å². The molecule has 0 bridgehead atoms. The maximum absolute atomic E-state index is 12.2. The van der Waals surface area contributed by atoms with Gasteiger partial charge in [0.2, 0.25) is 0 Å². The second-order valence-electron chi connectivity index (χ2n) is 6.08. The Hall–Kier alpha value is -1.72. The van der Waals surface area contributed by atoms with Crippen LogP contribution in [0.4, 0.5) is 0 Å². The number of rotatable bonds is 5. The van der Waals surface area contributed by atoms with Crippen LogP contribution in [0.15, 0.2) is 29.2 Å². The number of pyridine rings is 1. The van der Waals surface area contributed by atoms with E-state index >= 15 is 0 Å². The zero-order chi connectivity index (χ0) is 15.0. The molecule has 0 aliphatic heterocycles. The third kappa shape index (κ3) is 2.99. The first kappa shape index (κ1) is 14.2. The standard InChI is InChI=1S/C16H22N4O/c1-11-3-6-15-18-13(7-16(21)20(15)9-11)10-19(2)14(8-17)12-4-5-12/h3,6-7,9,12,14H,4-5,8,10,17H2,1-2H3. The van der Waals surface area contributed by atoms with E-state index in [0.29, 0.717) is 30.7 Å². The Morgan fingerprint density at radius 1 is 1.48 bits per heavy atom. The highest BCUT2D eigenvalue weighted by molar-refractivity contribution is 5.39. The molecule has 0 radical (unpaired) electrons. The van der Waals surface area contributed by atoms with Gasteiger partial charge in [0.1, 0.15) is 5.65 Å². The van der Waals surface area contributed by atoms with Crippen molar-refractivity contribution in [3.05, 3.63) is 46.0 Å². The van der Waals surface area contributed by atoms with Gasteiger partial charge < -0.3 is 5.73 Å². The fourth-order valence-corrected chi connectivity index (χ4v) is 2.93. The zero-order valence-electron chi connectivity index (χ0n) is 12.6. The summed E-state index contributed by atoms with van der Waals surface area (Å²) in [6, 6.07) is 5.89. The molecule has 3 rings (SSSR count). The Labute approximate surface area is 124 Å². The molecule has 1 fully saturated rings. The van der Waals surface area contributed by atoms with Crippen molar-refractivity contribution in [1.29, 1.82) is 0 Å². The molecule has 0 spiro atoms. The average Bonchev–Trinajstić information content (AvgIpc) is 3.25. The minimum absolute atomic E-state index is 0.0252. The van der Waals surface area contributed by atoms with E-state index < -0.39 is 0 Å². The van der Waals surface area contributed by atoms with E-state index in [1.807, 2.05) is 25.3 Å².